The van der Waals surface area contributed by atoms with Crippen LogP contribution < -0.4 is 16.4 Å². The van der Waals surface area contributed by atoms with Crippen LogP contribution in [0.4, 0.5) is 11.4 Å². The van der Waals surface area contributed by atoms with Gasteiger partial charge in [0.1, 0.15) is 0 Å². The monoisotopic (exact) mass is 261 g/mol. The van der Waals surface area contributed by atoms with Crippen molar-refractivity contribution in [3.05, 3.63) is 23.8 Å². The van der Waals surface area contributed by atoms with Crippen LogP contribution in [-0.2, 0) is 0 Å². The number of amides is 1. The lowest BCUT2D eigenvalue weighted by Crippen LogP contribution is -2.35. The van der Waals surface area contributed by atoms with Crippen LogP contribution in [0.3, 0.4) is 0 Å². The van der Waals surface area contributed by atoms with Gasteiger partial charge in [-0.1, -0.05) is 6.92 Å². The number of anilines is 2. The fraction of sp³-hybridized carbons (Fsp3) is 0.533. The lowest BCUT2D eigenvalue weighted by atomic mass is 9.86. The standard InChI is InChI=1S/C15H23N3O/c1-10-3-5-11(6-4-10)18(2)12-7-8-14(16)13(9-12)15(17)19/h7-11H,3-6,16H2,1-2H3,(H2,17,19). The van der Waals surface area contributed by atoms with Gasteiger partial charge in [-0.3, -0.25) is 4.79 Å². The Balaban J connectivity index is 2.17. The number of rotatable bonds is 3. The Morgan fingerprint density at radius 2 is 1.89 bits per heavy atom. The third kappa shape index (κ3) is 3.00. The van der Waals surface area contributed by atoms with Crippen LogP contribution in [0.1, 0.15) is 43.0 Å². The minimum absolute atomic E-state index is 0.411. The largest absolute Gasteiger partial charge is 0.398 e. The van der Waals surface area contributed by atoms with E-state index in [1.54, 1.807) is 12.1 Å². The molecule has 0 unspecified atom stereocenters. The third-order valence-corrected chi connectivity index (χ3v) is 4.24. The van der Waals surface area contributed by atoms with Crippen molar-refractivity contribution in [2.24, 2.45) is 11.7 Å². The van der Waals surface area contributed by atoms with Gasteiger partial charge in [0, 0.05) is 24.5 Å². The minimum Gasteiger partial charge on any atom is -0.398 e. The van der Waals surface area contributed by atoms with E-state index in [9.17, 15) is 4.79 Å². The molecule has 2 rings (SSSR count). The Hall–Kier alpha value is -1.71. The zero-order valence-electron chi connectivity index (χ0n) is 11.7. The molecule has 4 heteroatoms. The molecule has 0 aliphatic heterocycles. The van der Waals surface area contributed by atoms with Gasteiger partial charge in [0.2, 0.25) is 0 Å². The Bertz CT molecular complexity index is 464. The molecule has 0 radical (unpaired) electrons. The Labute approximate surface area is 114 Å². The van der Waals surface area contributed by atoms with Gasteiger partial charge in [0.05, 0.1) is 5.56 Å². The lowest BCUT2D eigenvalue weighted by molar-refractivity contribution is 0.100. The Morgan fingerprint density at radius 1 is 1.26 bits per heavy atom. The third-order valence-electron chi connectivity index (χ3n) is 4.24. The first-order valence-electron chi connectivity index (χ1n) is 6.91. The number of benzene rings is 1. The molecule has 1 amide bonds. The molecule has 1 aliphatic rings. The summed E-state index contributed by atoms with van der Waals surface area (Å²) in [6, 6.07) is 6.06. The SMILES string of the molecule is CC1CCC(N(C)c2ccc(N)c(C(N)=O)c2)CC1. The van der Waals surface area contributed by atoms with Crippen molar-refractivity contribution in [2.75, 3.05) is 17.7 Å². The van der Waals surface area contributed by atoms with Gasteiger partial charge in [0.25, 0.3) is 5.91 Å². The molecule has 4 N–H and O–H groups in total. The van der Waals surface area contributed by atoms with E-state index >= 15 is 0 Å². The first-order chi connectivity index (χ1) is 8.99. The summed E-state index contributed by atoms with van der Waals surface area (Å²) in [6.07, 6.45) is 4.95. The van der Waals surface area contributed by atoms with Gasteiger partial charge >= 0.3 is 0 Å². The Kier molecular flexibility index (Phi) is 3.98. The van der Waals surface area contributed by atoms with E-state index in [0.29, 0.717) is 17.3 Å². The van der Waals surface area contributed by atoms with Crippen LogP contribution in [0.5, 0.6) is 0 Å². The summed E-state index contributed by atoms with van der Waals surface area (Å²) in [4.78, 5) is 13.6. The van der Waals surface area contributed by atoms with Crippen LogP contribution in [0.15, 0.2) is 18.2 Å². The maximum atomic E-state index is 11.3. The van der Waals surface area contributed by atoms with Gasteiger partial charge in [-0.15, -0.1) is 0 Å². The molecule has 0 saturated heterocycles. The maximum absolute atomic E-state index is 11.3. The molecular formula is C15H23N3O. The molecule has 4 nitrogen and oxygen atoms in total. The second-order valence-corrected chi connectivity index (χ2v) is 5.66. The molecule has 0 aromatic heterocycles. The lowest BCUT2D eigenvalue weighted by Gasteiger charge is -2.35. The zero-order valence-corrected chi connectivity index (χ0v) is 11.7. The van der Waals surface area contributed by atoms with Crippen LogP contribution in [0.25, 0.3) is 0 Å². The summed E-state index contributed by atoms with van der Waals surface area (Å²) in [5, 5.41) is 0. The number of hydrogen-bond acceptors (Lipinski definition) is 3. The highest BCUT2D eigenvalue weighted by molar-refractivity contribution is 5.99. The number of nitrogens with zero attached hydrogens (tertiary/aromatic N) is 1. The quantitative estimate of drug-likeness (QED) is 0.820. The molecule has 0 heterocycles. The molecule has 19 heavy (non-hydrogen) atoms. The molecule has 1 aromatic rings. The number of carbonyl (C=O) groups is 1. The molecule has 1 saturated carbocycles. The van der Waals surface area contributed by atoms with Gasteiger partial charge in [-0.2, -0.15) is 0 Å². The maximum Gasteiger partial charge on any atom is 0.250 e. The minimum atomic E-state index is -0.468. The van der Waals surface area contributed by atoms with Crippen molar-refractivity contribution < 1.29 is 4.79 Å². The molecular weight excluding hydrogens is 238 g/mol. The number of primary amides is 1. The second kappa shape index (κ2) is 5.51. The predicted octanol–water partition coefficient (Wildman–Crippen LogP) is 2.38. The fourth-order valence-electron chi connectivity index (χ4n) is 2.82. The normalized spacial score (nSPS) is 23.1. The van der Waals surface area contributed by atoms with E-state index in [-0.39, 0.29) is 0 Å². The van der Waals surface area contributed by atoms with Crippen molar-refractivity contribution in [3.63, 3.8) is 0 Å². The number of nitrogen functional groups attached to an aromatic ring is 1. The van der Waals surface area contributed by atoms with Gasteiger partial charge < -0.3 is 16.4 Å². The molecule has 104 valence electrons. The van der Waals surface area contributed by atoms with E-state index in [0.717, 1.165) is 11.6 Å². The van der Waals surface area contributed by atoms with Crippen LogP contribution >= 0.6 is 0 Å². The van der Waals surface area contributed by atoms with E-state index in [2.05, 4.69) is 18.9 Å². The summed E-state index contributed by atoms with van der Waals surface area (Å²) in [6.45, 7) is 2.31. The number of hydrogen-bond donors (Lipinski definition) is 2. The summed E-state index contributed by atoms with van der Waals surface area (Å²) in [5.41, 5.74) is 13.0. The average molecular weight is 261 g/mol. The number of carbonyl (C=O) groups excluding carboxylic acids is 1. The van der Waals surface area contributed by atoms with Crippen LogP contribution in [0.2, 0.25) is 0 Å². The van der Waals surface area contributed by atoms with Crippen LogP contribution in [-0.4, -0.2) is 19.0 Å². The summed E-state index contributed by atoms with van der Waals surface area (Å²) in [7, 11) is 2.08. The van der Waals surface area contributed by atoms with Crippen molar-refractivity contribution >= 4 is 17.3 Å². The van der Waals surface area contributed by atoms with Gasteiger partial charge in [-0.25, -0.2) is 0 Å². The molecule has 0 atom stereocenters. The van der Waals surface area contributed by atoms with Crippen LogP contribution in [0, 0.1) is 5.92 Å². The molecule has 1 aliphatic carbocycles. The fourth-order valence-corrected chi connectivity index (χ4v) is 2.82. The highest BCUT2D eigenvalue weighted by Gasteiger charge is 2.22. The average Bonchev–Trinajstić information content (AvgIpc) is 2.39. The molecule has 1 fully saturated rings. The van der Waals surface area contributed by atoms with Crippen molar-refractivity contribution in [2.45, 2.75) is 38.6 Å². The van der Waals surface area contributed by atoms with Crippen molar-refractivity contribution in [3.8, 4) is 0 Å². The first-order valence-corrected chi connectivity index (χ1v) is 6.91. The summed E-state index contributed by atoms with van der Waals surface area (Å²) < 4.78 is 0. The second-order valence-electron chi connectivity index (χ2n) is 5.66. The van der Waals surface area contributed by atoms with E-state index in [1.807, 2.05) is 6.07 Å². The van der Waals surface area contributed by atoms with Crippen molar-refractivity contribution in [1.82, 2.24) is 0 Å². The first kappa shape index (κ1) is 13.7. The zero-order chi connectivity index (χ0) is 14.0. The van der Waals surface area contributed by atoms with Gasteiger partial charge in [-0.05, 0) is 49.8 Å². The topological polar surface area (TPSA) is 72.3 Å². The smallest absolute Gasteiger partial charge is 0.250 e. The molecule has 1 aromatic carbocycles. The summed E-state index contributed by atoms with van der Waals surface area (Å²) in [5.74, 6) is 0.363. The van der Waals surface area contributed by atoms with E-state index < -0.39 is 5.91 Å². The van der Waals surface area contributed by atoms with Gasteiger partial charge in [0.15, 0.2) is 0 Å². The van der Waals surface area contributed by atoms with E-state index in [1.165, 1.54) is 25.7 Å². The highest BCUT2D eigenvalue weighted by atomic mass is 16.1. The number of nitrogens with two attached hydrogens (primary N) is 2. The molecule has 0 bridgehead atoms. The van der Waals surface area contributed by atoms with Crippen molar-refractivity contribution in [1.29, 1.82) is 0 Å². The highest BCUT2D eigenvalue weighted by Crippen LogP contribution is 2.30. The summed E-state index contributed by atoms with van der Waals surface area (Å²) >= 11 is 0. The molecule has 0 spiro atoms. The van der Waals surface area contributed by atoms with E-state index in [4.69, 9.17) is 11.5 Å². The Morgan fingerprint density at radius 3 is 2.47 bits per heavy atom. The predicted molar refractivity (Wildman–Crippen MR) is 79.2 cm³/mol.